The number of rotatable bonds is 7. The lowest BCUT2D eigenvalue weighted by atomic mass is 9.99. The number of carbonyl (C=O) groups excluding carboxylic acids is 1. The van der Waals surface area contributed by atoms with Crippen molar-refractivity contribution in [1.82, 2.24) is 5.32 Å². The maximum Gasteiger partial charge on any atom is 0.248 e. The van der Waals surface area contributed by atoms with E-state index in [9.17, 15) is 9.90 Å². The number of amides is 1. The van der Waals surface area contributed by atoms with Crippen LogP contribution in [0.1, 0.15) is 24.0 Å². The summed E-state index contributed by atoms with van der Waals surface area (Å²) in [7, 11) is 0. The van der Waals surface area contributed by atoms with Gasteiger partial charge in [-0.15, -0.1) is 0 Å². The Kier molecular flexibility index (Phi) is 7.43. The van der Waals surface area contributed by atoms with Gasteiger partial charge in [0.1, 0.15) is 11.5 Å². The average Bonchev–Trinajstić information content (AvgIpc) is 2.84. The van der Waals surface area contributed by atoms with E-state index in [1.807, 2.05) is 61.5 Å². The van der Waals surface area contributed by atoms with Crippen LogP contribution in [0, 0.1) is 12.8 Å². The van der Waals surface area contributed by atoms with E-state index in [0.717, 1.165) is 53.9 Å². The Morgan fingerprint density at radius 3 is 2.67 bits per heavy atom. The number of piperidine rings is 1. The maximum atomic E-state index is 12.5. The molecule has 3 N–H and O–H groups in total. The van der Waals surface area contributed by atoms with Crippen LogP contribution in [0.4, 0.5) is 5.69 Å². The fourth-order valence-corrected chi connectivity index (χ4v) is 3.90. The second kappa shape index (κ2) is 10.8. The minimum Gasteiger partial charge on any atom is -0.507 e. The van der Waals surface area contributed by atoms with Gasteiger partial charge in [0, 0.05) is 23.4 Å². The number of carbonyl (C=O) groups is 1. The number of ether oxygens (including phenoxy) is 1. The largest absolute Gasteiger partial charge is 0.507 e. The Balaban J connectivity index is 1.37. The molecule has 3 aromatic rings. The van der Waals surface area contributed by atoms with Crippen LogP contribution < -0.4 is 15.4 Å². The molecule has 1 saturated heterocycles. The molecule has 0 radical (unpaired) electrons. The molecule has 170 valence electrons. The number of nitrogens with one attached hydrogen (secondary N) is 2. The number of hydrogen-bond donors (Lipinski definition) is 3. The summed E-state index contributed by atoms with van der Waals surface area (Å²) in [5, 5.41) is 16.5. The van der Waals surface area contributed by atoms with Gasteiger partial charge in [-0.2, -0.15) is 0 Å². The molecule has 5 heteroatoms. The van der Waals surface area contributed by atoms with Crippen LogP contribution >= 0.6 is 0 Å². The first-order valence-electron chi connectivity index (χ1n) is 11.4. The van der Waals surface area contributed by atoms with Gasteiger partial charge in [0.25, 0.3) is 0 Å². The Bertz CT molecular complexity index is 1120. The standard InChI is InChI=1S/C28H30N2O3/c1-20-5-9-23(10-6-20)26-17-21(7-11-27(26)31)8-12-28(32)30-24-3-2-4-25(18-24)33-19-22-13-15-29-16-14-22/h2-12,17-18,22,29,31H,13-16,19H2,1H3,(H,30,32)/b12-8+. The molecule has 0 bridgehead atoms. The zero-order valence-electron chi connectivity index (χ0n) is 18.9. The average molecular weight is 443 g/mol. The first kappa shape index (κ1) is 22.6. The number of phenolic OH excluding ortho intramolecular Hbond substituents is 1. The minimum atomic E-state index is -0.226. The lowest BCUT2D eigenvalue weighted by Crippen LogP contribution is -2.30. The predicted octanol–water partition coefficient (Wildman–Crippen LogP) is 5.40. The van der Waals surface area contributed by atoms with Crippen molar-refractivity contribution in [3.05, 3.63) is 83.9 Å². The fraction of sp³-hybridized carbons (Fsp3) is 0.250. The molecule has 4 rings (SSSR count). The molecular weight excluding hydrogens is 412 g/mol. The van der Waals surface area contributed by atoms with Gasteiger partial charge in [-0.05, 0) is 80.2 Å². The molecule has 0 atom stereocenters. The molecule has 1 aliphatic rings. The van der Waals surface area contributed by atoms with Gasteiger partial charge in [0.15, 0.2) is 0 Å². The first-order chi connectivity index (χ1) is 16.1. The summed E-state index contributed by atoms with van der Waals surface area (Å²) in [4.78, 5) is 12.5. The summed E-state index contributed by atoms with van der Waals surface area (Å²) in [6, 6.07) is 20.8. The SMILES string of the molecule is Cc1ccc(-c2cc(/C=C/C(=O)Nc3cccc(OCC4CCNCC4)c3)ccc2O)cc1. The number of phenols is 1. The second-order valence-corrected chi connectivity index (χ2v) is 8.50. The molecular formula is C28H30N2O3. The highest BCUT2D eigenvalue weighted by molar-refractivity contribution is 6.02. The van der Waals surface area contributed by atoms with Crippen molar-refractivity contribution < 1.29 is 14.6 Å². The summed E-state index contributed by atoms with van der Waals surface area (Å²) in [6.07, 6.45) is 5.49. The van der Waals surface area contributed by atoms with Crippen LogP contribution in [0.15, 0.2) is 72.8 Å². The molecule has 33 heavy (non-hydrogen) atoms. The molecule has 3 aromatic carbocycles. The number of aryl methyl sites for hydroxylation is 1. The molecule has 1 heterocycles. The molecule has 0 aromatic heterocycles. The Labute approximate surface area is 195 Å². The Morgan fingerprint density at radius 2 is 1.88 bits per heavy atom. The highest BCUT2D eigenvalue weighted by Gasteiger charge is 2.13. The van der Waals surface area contributed by atoms with E-state index in [4.69, 9.17) is 4.74 Å². The molecule has 5 nitrogen and oxygen atoms in total. The van der Waals surface area contributed by atoms with Crippen LogP contribution in [-0.4, -0.2) is 30.7 Å². The molecule has 1 aliphatic heterocycles. The number of anilines is 1. The van der Waals surface area contributed by atoms with Gasteiger partial charge in [0.05, 0.1) is 6.61 Å². The molecule has 0 saturated carbocycles. The van der Waals surface area contributed by atoms with E-state index < -0.39 is 0 Å². The third-order valence-electron chi connectivity index (χ3n) is 5.86. The van der Waals surface area contributed by atoms with Crippen LogP contribution in [0.5, 0.6) is 11.5 Å². The molecule has 0 spiro atoms. The van der Waals surface area contributed by atoms with Crippen molar-refractivity contribution >= 4 is 17.7 Å². The third-order valence-corrected chi connectivity index (χ3v) is 5.86. The first-order valence-corrected chi connectivity index (χ1v) is 11.4. The predicted molar refractivity (Wildman–Crippen MR) is 133 cm³/mol. The number of aromatic hydroxyl groups is 1. The van der Waals surface area contributed by atoms with Crippen LogP contribution in [0.25, 0.3) is 17.2 Å². The zero-order chi connectivity index (χ0) is 23.0. The van der Waals surface area contributed by atoms with Gasteiger partial charge in [-0.3, -0.25) is 4.79 Å². The minimum absolute atomic E-state index is 0.210. The van der Waals surface area contributed by atoms with Crippen LogP contribution in [0.3, 0.4) is 0 Å². The molecule has 1 fully saturated rings. The lowest BCUT2D eigenvalue weighted by molar-refractivity contribution is -0.111. The lowest BCUT2D eigenvalue weighted by Gasteiger charge is -2.22. The Hall–Kier alpha value is -3.57. The van der Waals surface area contributed by atoms with E-state index in [1.54, 1.807) is 18.2 Å². The summed E-state index contributed by atoms with van der Waals surface area (Å²) in [6.45, 7) is 4.81. The van der Waals surface area contributed by atoms with Gasteiger partial charge >= 0.3 is 0 Å². The number of hydrogen-bond acceptors (Lipinski definition) is 4. The van der Waals surface area contributed by atoms with E-state index in [-0.39, 0.29) is 11.7 Å². The number of benzene rings is 3. The van der Waals surface area contributed by atoms with E-state index in [2.05, 4.69) is 10.6 Å². The molecule has 0 aliphatic carbocycles. The monoisotopic (exact) mass is 442 g/mol. The highest BCUT2D eigenvalue weighted by Crippen LogP contribution is 2.30. The maximum absolute atomic E-state index is 12.5. The topological polar surface area (TPSA) is 70.6 Å². The van der Waals surface area contributed by atoms with Crippen molar-refractivity contribution in [3.8, 4) is 22.6 Å². The van der Waals surface area contributed by atoms with E-state index in [1.165, 1.54) is 6.08 Å². The molecule has 0 unspecified atom stereocenters. The summed E-state index contributed by atoms with van der Waals surface area (Å²) in [5.74, 6) is 1.32. The van der Waals surface area contributed by atoms with Crippen molar-refractivity contribution in [2.75, 3.05) is 25.0 Å². The highest BCUT2D eigenvalue weighted by atomic mass is 16.5. The fourth-order valence-electron chi connectivity index (χ4n) is 3.90. The quantitative estimate of drug-likeness (QED) is 0.429. The smallest absolute Gasteiger partial charge is 0.248 e. The van der Waals surface area contributed by atoms with Gasteiger partial charge in [-0.1, -0.05) is 42.0 Å². The van der Waals surface area contributed by atoms with Crippen molar-refractivity contribution in [1.29, 1.82) is 0 Å². The summed E-state index contributed by atoms with van der Waals surface area (Å²) in [5.41, 5.74) is 4.35. The third kappa shape index (κ3) is 6.46. The zero-order valence-corrected chi connectivity index (χ0v) is 18.9. The molecule has 1 amide bonds. The van der Waals surface area contributed by atoms with Crippen molar-refractivity contribution in [3.63, 3.8) is 0 Å². The van der Waals surface area contributed by atoms with Gasteiger partial charge in [0.2, 0.25) is 5.91 Å². The van der Waals surface area contributed by atoms with E-state index in [0.29, 0.717) is 18.2 Å². The van der Waals surface area contributed by atoms with Crippen molar-refractivity contribution in [2.24, 2.45) is 5.92 Å². The van der Waals surface area contributed by atoms with Gasteiger partial charge < -0.3 is 20.5 Å². The summed E-state index contributed by atoms with van der Waals surface area (Å²) >= 11 is 0. The van der Waals surface area contributed by atoms with Crippen LogP contribution in [-0.2, 0) is 4.79 Å². The van der Waals surface area contributed by atoms with Crippen LogP contribution in [0.2, 0.25) is 0 Å². The van der Waals surface area contributed by atoms with Gasteiger partial charge in [-0.25, -0.2) is 0 Å². The normalized spacial score (nSPS) is 14.3. The Morgan fingerprint density at radius 1 is 1.09 bits per heavy atom. The van der Waals surface area contributed by atoms with Crippen molar-refractivity contribution in [2.45, 2.75) is 19.8 Å². The second-order valence-electron chi connectivity index (χ2n) is 8.50. The summed E-state index contributed by atoms with van der Waals surface area (Å²) < 4.78 is 5.95. The van der Waals surface area contributed by atoms with E-state index >= 15 is 0 Å².